The molecule has 1 aliphatic rings. The van der Waals surface area contributed by atoms with Gasteiger partial charge in [-0.15, -0.1) is 0 Å². The van der Waals surface area contributed by atoms with Crippen molar-refractivity contribution in [2.75, 3.05) is 12.0 Å². The fourth-order valence-electron chi connectivity index (χ4n) is 3.77. The minimum Gasteiger partial charge on any atom is -0.496 e. The van der Waals surface area contributed by atoms with Gasteiger partial charge in [0.2, 0.25) is 0 Å². The van der Waals surface area contributed by atoms with Gasteiger partial charge in [0, 0.05) is 21.5 Å². The summed E-state index contributed by atoms with van der Waals surface area (Å²) in [6, 6.07) is 13.7. The Balaban J connectivity index is 1.73. The van der Waals surface area contributed by atoms with Gasteiger partial charge in [-0.2, -0.15) is 0 Å². The van der Waals surface area contributed by atoms with E-state index in [0.717, 1.165) is 4.90 Å². The van der Waals surface area contributed by atoms with Crippen molar-refractivity contribution >= 4 is 57.1 Å². The molecule has 1 aliphatic heterocycles. The van der Waals surface area contributed by atoms with Crippen LogP contribution in [0, 0.1) is 12.7 Å². The number of hydrogen-bond donors (Lipinski definition) is 1. The smallest absolute Gasteiger partial charge is 0.335 e. The van der Waals surface area contributed by atoms with E-state index in [0.29, 0.717) is 37.5 Å². The zero-order valence-electron chi connectivity index (χ0n) is 18.7. The number of hydrogen-bond acceptors (Lipinski definition) is 4. The van der Waals surface area contributed by atoms with Gasteiger partial charge in [-0.3, -0.25) is 14.9 Å². The molecule has 1 fully saturated rings. The van der Waals surface area contributed by atoms with Crippen LogP contribution >= 0.6 is 27.5 Å². The maximum atomic E-state index is 14.2. The fraction of sp³-hybridized carbons (Fsp3) is 0.115. The van der Waals surface area contributed by atoms with Crippen molar-refractivity contribution in [2.24, 2.45) is 0 Å². The topological polar surface area (TPSA) is 75.7 Å². The number of benzene rings is 3. The first-order valence-electron chi connectivity index (χ1n) is 10.5. The fourth-order valence-corrected chi connectivity index (χ4v) is 4.53. The standard InChI is InChI=1S/C26H19BrClFN2O4/c1-14-7-8-17(28)13-22(14)31-25(33)19(24(32)30-26(31)34)9-15-10-20(27)18(23(11-15)35-2)12-16-5-3-4-6-21(16)29/h3-11,13H,12H2,1-2H3,(H,30,32,34)/b19-9+. The summed E-state index contributed by atoms with van der Waals surface area (Å²) in [4.78, 5) is 39.2. The van der Waals surface area contributed by atoms with Crippen molar-refractivity contribution in [1.29, 1.82) is 0 Å². The number of imide groups is 2. The number of amides is 4. The van der Waals surface area contributed by atoms with E-state index in [1.807, 2.05) is 0 Å². The van der Waals surface area contributed by atoms with E-state index in [1.165, 1.54) is 25.3 Å². The maximum Gasteiger partial charge on any atom is 0.335 e. The van der Waals surface area contributed by atoms with Crippen LogP contribution in [-0.2, 0) is 16.0 Å². The number of methoxy groups -OCH3 is 1. The Morgan fingerprint density at radius 3 is 2.57 bits per heavy atom. The number of aryl methyl sites for hydroxylation is 1. The maximum absolute atomic E-state index is 14.2. The number of halogens is 3. The molecule has 1 N–H and O–H groups in total. The molecule has 3 aromatic carbocycles. The highest BCUT2D eigenvalue weighted by atomic mass is 79.9. The Labute approximate surface area is 214 Å². The van der Waals surface area contributed by atoms with E-state index in [9.17, 15) is 18.8 Å². The average molecular weight is 558 g/mol. The van der Waals surface area contributed by atoms with Gasteiger partial charge in [0.15, 0.2) is 0 Å². The Kier molecular flexibility index (Phi) is 7.05. The summed E-state index contributed by atoms with van der Waals surface area (Å²) in [7, 11) is 1.48. The van der Waals surface area contributed by atoms with Gasteiger partial charge in [0.05, 0.1) is 12.8 Å². The molecule has 178 valence electrons. The number of carbonyl (C=O) groups excluding carboxylic acids is 3. The van der Waals surface area contributed by atoms with Gasteiger partial charge < -0.3 is 4.74 Å². The third-order valence-electron chi connectivity index (χ3n) is 5.55. The largest absolute Gasteiger partial charge is 0.496 e. The zero-order valence-corrected chi connectivity index (χ0v) is 21.0. The van der Waals surface area contributed by atoms with Gasteiger partial charge >= 0.3 is 6.03 Å². The highest BCUT2D eigenvalue weighted by Gasteiger charge is 2.37. The molecule has 3 aromatic rings. The minimum atomic E-state index is -0.860. The lowest BCUT2D eigenvalue weighted by Gasteiger charge is -2.27. The summed E-state index contributed by atoms with van der Waals surface area (Å²) < 4.78 is 20.3. The Morgan fingerprint density at radius 1 is 1.11 bits per heavy atom. The molecule has 0 aliphatic carbocycles. The number of urea groups is 1. The second-order valence-corrected chi connectivity index (χ2v) is 9.13. The second kappa shape index (κ2) is 10.0. The van der Waals surface area contributed by atoms with E-state index in [4.69, 9.17) is 16.3 Å². The molecule has 0 spiro atoms. The molecule has 0 atom stereocenters. The van der Waals surface area contributed by atoms with Crippen LogP contribution in [0.1, 0.15) is 22.3 Å². The molecule has 35 heavy (non-hydrogen) atoms. The number of carbonyl (C=O) groups is 3. The Hall–Kier alpha value is -3.49. The first-order valence-corrected chi connectivity index (χ1v) is 11.6. The van der Waals surface area contributed by atoms with Gasteiger partial charge in [-0.05, 0) is 60.0 Å². The minimum absolute atomic E-state index is 0.236. The molecule has 0 bridgehead atoms. The van der Waals surface area contributed by atoms with Gasteiger partial charge in [-0.25, -0.2) is 14.1 Å². The van der Waals surface area contributed by atoms with E-state index in [2.05, 4.69) is 21.2 Å². The highest BCUT2D eigenvalue weighted by Crippen LogP contribution is 2.33. The molecule has 6 nitrogen and oxygen atoms in total. The lowest BCUT2D eigenvalue weighted by Crippen LogP contribution is -2.54. The number of barbiturate groups is 1. The molecular weight excluding hydrogens is 539 g/mol. The van der Waals surface area contributed by atoms with E-state index in [1.54, 1.807) is 49.4 Å². The van der Waals surface area contributed by atoms with Crippen molar-refractivity contribution in [3.8, 4) is 5.75 Å². The van der Waals surface area contributed by atoms with Crippen molar-refractivity contribution in [3.63, 3.8) is 0 Å². The van der Waals surface area contributed by atoms with Crippen molar-refractivity contribution in [2.45, 2.75) is 13.3 Å². The van der Waals surface area contributed by atoms with Crippen molar-refractivity contribution in [3.05, 3.63) is 97.7 Å². The summed E-state index contributed by atoms with van der Waals surface area (Å²) in [5.74, 6) is -1.49. The molecule has 4 rings (SSSR count). The molecular formula is C26H19BrClFN2O4. The predicted molar refractivity (Wildman–Crippen MR) is 135 cm³/mol. The summed E-state index contributed by atoms with van der Waals surface area (Å²) in [6.45, 7) is 1.72. The van der Waals surface area contributed by atoms with E-state index < -0.39 is 17.8 Å². The quantitative estimate of drug-likeness (QED) is 0.317. The lowest BCUT2D eigenvalue weighted by molar-refractivity contribution is -0.122. The van der Waals surface area contributed by atoms with Crippen LogP contribution in [0.2, 0.25) is 5.02 Å². The second-order valence-electron chi connectivity index (χ2n) is 7.84. The molecule has 1 saturated heterocycles. The Bertz CT molecular complexity index is 1410. The Morgan fingerprint density at radius 2 is 1.86 bits per heavy atom. The van der Waals surface area contributed by atoms with Crippen LogP contribution in [0.25, 0.3) is 6.08 Å². The van der Waals surface area contributed by atoms with Crippen LogP contribution in [0.4, 0.5) is 14.9 Å². The molecule has 0 aromatic heterocycles. The number of anilines is 1. The van der Waals surface area contributed by atoms with Crippen LogP contribution in [0.15, 0.2) is 64.6 Å². The first kappa shape index (κ1) is 24.6. The predicted octanol–water partition coefficient (Wildman–Crippen LogP) is 5.82. The third-order valence-corrected chi connectivity index (χ3v) is 6.49. The van der Waals surface area contributed by atoms with Gasteiger partial charge in [0.1, 0.15) is 17.1 Å². The third kappa shape index (κ3) is 4.99. The van der Waals surface area contributed by atoms with Crippen LogP contribution in [-0.4, -0.2) is 25.0 Å². The van der Waals surface area contributed by atoms with Gasteiger partial charge in [-0.1, -0.05) is 51.8 Å². The molecule has 0 unspecified atom stereocenters. The molecule has 0 radical (unpaired) electrons. The van der Waals surface area contributed by atoms with E-state index >= 15 is 0 Å². The van der Waals surface area contributed by atoms with E-state index in [-0.39, 0.29) is 23.5 Å². The first-order chi connectivity index (χ1) is 16.7. The number of nitrogens with one attached hydrogen (secondary N) is 1. The summed E-state index contributed by atoms with van der Waals surface area (Å²) in [5, 5.41) is 2.54. The normalized spacial score (nSPS) is 14.9. The molecule has 0 saturated carbocycles. The SMILES string of the molecule is COc1cc(/C=C2\C(=O)NC(=O)N(c3cc(Cl)ccc3C)C2=O)cc(Br)c1Cc1ccccc1F. The number of rotatable bonds is 5. The average Bonchev–Trinajstić information content (AvgIpc) is 2.81. The summed E-state index contributed by atoms with van der Waals surface area (Å²) in [6.07, 6.45) is 1.64. The molecule has 4 amide bonds. The zero-order chi connectivity index (χ0) is 25.3. The lowest BCUT2D eigenvalue weighted by atomic mass is 10.00. The molecule has 9 heteroatoms. The van der Waals surface area contributed by atoms with Crippen LogP contribution in [0.3, 0.4) is 0 Å². The number of nitrogens with zero attached hydrogens (tertiary/aromatic N) is 1. The highest BCUT2D eigenvalue weighted by molar-refractivity contribution is 9.10. The number of ether oxygens (including phenoxy) is 1. The van der Waals surface area contributed by atoms with Crippen molar-refractivity contribution < 1.29 is 23.5 Å². The molecule has 1 heterocycles. The van der Waals surface area contributed by atoms with Crippen molar-refractivity contribution in [1.82, 2.24) is 5.32 Å². The van der Waals surface area contributed by atoms with Crippen LogP contribution in [0.5, 0.6) is 5.75 Å². The van der Waals surface area contributed by atoms with Gasteiger partial charge in [0.25, 0.3) is 11.8 Å². The monoisotopic (exact) mass is 556 g/mol. The summed E-state index contributed by atoms with van der Waals surface area (Å²) >= 11 is 9.56. The summed E-state index contributed by atoms with van der Waals surface area (Å²) in [5.41, 5.74) is 2.34. The van der Waals surface area contributed by atoms with Crippen LogP contribution < -0.4 is 15.0 Å².